The van der Waals surface area contributed by atoms with E-state index < -0.39 is 28.5 Å². The summed E-state index contributed by atoms with van der Waals surface area (Å²) in [5, 5.41) is 4.04. The standard InChI is InChI=1S/C35H35Cl4N3O4S/c1-4-24(3)40-35(44)33(18-25-8-6-5-7-9-25)41(21-26-12-13-27(36)19-31(26)38)34(43)22-42(28-14-17-30(37)32(39)20-28)47(45,46)29-15-10-23(2)11-16-29/h5-17,19-20,24,33H,4,18,21-22H2,1-3H3,(H,40,44)/t24-,33+/m1/s1. The molecular weight excluding hydrogens is 700 g/mol. The third-order valence-corrected chi connectivity index (χ3v) is 10.8. The van der Waals surface area contributed by atoms with Crippen molar-refractivity contribution in [2.45, 2.75) is 57.1 Å². The van der Waals surface area contributed by atoms with Gasteiger partial charge in [-0.3, -0.25) is 13.9 Å². The summed E-state index contributed by atoms with van der Waals surface area (Å²) in [5.74, 6) is -1.03. The lowest BCUT2D eigenvalue weighted by molar-refractivity contribution is -0.140. The lowest BCUT2D eigenvalue weighted by Crippen LogP contribution is -2.54. The smallest absolute Gasteiger partial charge is 0.264 e. The summed E-state index contributed by atoms with van der Waals surface area (Å²) in [6.07, 6.45) is 0.832. The van der Waals surface area contributed by atoms with Gasteiger partial charge >= 0.3 is 0 Å². The zero-order chi connectivity index (χ0) is 34.3. The van der Waals surface area contributed by atoms with Crippen LogP contribution in [0.5, 0.6) is 0 Å². The maximum Gasteiger partial charge on any atom is 0.264 e. The first-order valence-electron chi connectivity index (χ1n) is 14.9. The van der Waals surface area contributed by atoms with Crippen molar-refractivity contribution in [3.8, 4) is 0 Å². The maximum absolute atomic E-state index is 14.6. The quantitative estimate of drug-likeness (QED) is 0.150. The summed E-state index contributed by atoms with van der Waals surface area (Å²) >= 11 is 25.2. The molecule has 12 heteroatoms. The number of aryl methyl sites for hydroxylation is 1. The number of sulfonamides is 1. The van der Waals surface area contributed by atoms with Crippen molar-refractivity contribution in [2.75, 3.05) is 10.8 Å². The maximum atomic E-state index is 14.6. The van der Waals surface area contributed by atoms with Crippen LogP contribution in [0.25, 0.3) is 0 Å². The SMILES string of the molecule is CC[C@@H](C)NC(=O)[C@H](Cc1ccccc1)N(Cc1ccc(Cl)cc1Cl)C(=O)CN(c1ccc(Cl)c(Cl)c1)S(=O)(=O)c1ccc(C)cc1. The molecule has 2 amide bonds. The van der Waals surface area contributed by atoms with Crippen LogP contribution in [0.3, 0.4) is 0 Å². The lowest BCUT2D eigenvalue weighted by Gasteiger charge is -2.34. The number of amides is 2. The van der Waals surface area contributed by atoms with Crippen LogP contribution in [0.15, 0.2) is 95.9 Å². The van der Waals surface area contributed by atoms with Gasteiger partial charge < -0.3 is 10.2 Å². The Morgan fingerprint density at radius 1 is 0.830 bits per heavy atom. The highest BCUT2D eigenvalue weighted by atomic mass is 35.5. The summed E-state index contributed by atoms with van der Waals surface area (Å²) in [6, 6.07) is 23.6. The van der Waals surface area contributed by atoms with Gasteiger partial charge in [0.2, 0.25) is 11.8 Å². The van der Waals surface area contributed by atoms with Crippen molar-refractivity contribution in [3.05, 3.63) is 128 Å². The normalized spacial score (nSPS) is 12.7. The molecule has 0 spiro atoms. The Kier molecular flexibility index (Phi) is 12.6. The van der Waals surface area contributed by atoms with Gasteiger partial charge in [-0.2, -0.15) is 0 Å². The molecule has 4 rings (SSSR count). The number of carbonyl (C=O) groups is 2. The van der Waals surface area contributed by atoms with Crippen molar-refractivity contribution in [1.82, 2.24) is 10.2 Å². The zero-order valence-electron chi connectivity index (χ0n) is 26.1. The van der Waals surface area contributed by atoms with Gasteiger partial charge in [0.05, 0.1) is 20.6 Å². The topological polar surface area (TPSA) is 86.8 Å². The van der Waals surface area contributed by atoms with E-state index in [2.05, 4.69) is 5.32 Å². The number of hydrogen-bond donors (Lipinski definition) is 1. The third kappa shape index (κ3) is 9.42. The monoisotopic (exact) mass is 733 g/mol. The number of rotatable bonds is 13. The van der Waals surface area contributed by atoms with E-state index in [-0.39, 0.29) is 45.5 Å². The van der Waals surface area contributed by atoms with Crippen LogP contribution in [0.4, 0.5) is 5.69 Å². The average Bonchev–Trinajstić information content (AvgIpc) is 3.04. The number of nitrogens with zero attached hydrogens (tertiary/aromatic N) is 2. The van der Waals surface area contributed by atoms with Gasteiger partial charge in [0.15, 0.2) is 0 Å². The zero-order valence-corrected chi connectivity index (χ0v) is 29.9. The number of carbonyl (C=O) groups excluding carboxylic acids is 2. The molecule has 0 radical (unpaired) electrons. The molecule has 47 heavy (non-hydrogen) atoms. The minimum atomic E-state index is -4.30. The van der Waals surface area contributed by atoms with Crippen LogP contribution in [-0.2, 0) is 32.6 Å². The Labute approximate surface area is 296 Å². The Morgan fingerprint density at radius 2 is 1.51 bits per heavy atom. The molecule has 2 atom stereocenters. The highest BCUT2D eigenvalue weighted by molar-refractivity contribution is 7.92. The Hall–Kier alpha value is -3.27. The minimum absolute atomic E-state index is 0.0235. The highest BCUT2D eigenvalue weighted by Gasteiger charge is 2.35. The molecule has 0 saturated carbocycles. The number of anilines is 1. The van der Waals surface area contributed by atoms with Crippen LogP contribution >= 0.6 is 46.4 Å². The first kappa shape index (κ1) is 36.6. The first-order valence-corrected chi connectivity index (χ1v) is 17.9. The number of halogens is 4. The fraction of sp³-hybridized carbons (Fsp3) is 0.257. The van der Waals surface area contributed by atoms with E-state index in [0.717, 1.165) is 15.4 Å². The molecule has 0 aliphatic heterocycles. The summed E-state index contributed by atoms with van der Waals surface area (Å²) in [4.78, 5) is 29.9. The summed E-state index contributed by atoms with van der Waals surface area (Å²) in [7, 11) is -4.30. The molecule has 0 bridgehead atoms. The first-order chi connectivity index (χ1) is 22.3. The Bertz CT molecular complexity index is 1820. The second-order valence-electron chi connectivity index (χ2n) is 11.2. The van der Waals surface area contributed by atoms with Gasteiger partial charge in [-0.15, -0.1) is 0 Å². The van der Waals surface area contributed by atoms with Crippen molar-refractivity contribution < 1.29 is 18.0 Å². The fourth-order valence-electron chi connectivity index (χ4n) is 4.83. The van der Waals surface area contributed by atoms with Crippen molar-refractivity contribution >= 4 is 73.9 Å². The van der Waals surface area contributed by atoms with Gasteiger partial charge in [-0.05, 0) is 73.9 Å². The van der Waals surface area contributed by atoms with Gasteiger partial charge in [-0.1, -0.05) is 107 Å². The molecule has 248 valence electrons. The molecule has 4 aromatic rings. The molecule has 0 saturated heterocycles. The molecule has 7 nitrogen and oxygen atoms in total. The Morgan fingerprint density at radius 3 is 2.13 bits per heavy atom. The predicted molar refractivity (Wildman–Crippen MR) is 191 cm³/mol. The van der Waals surface area contributed by atoms with Crippen LogP contribution in [0, 0.1) is 6.92 Å². The van der Waals surface area contributed by atoms with Crippen molar-refractivity contribution in [1.29, 1.82) is 0 Å². The van der Waals surface area contributed by atoms with Gasteiger partial charge in [-0.25, -0.2) is 8.42 Å². The van der Waals surface area contributed by atoms with Crippen LogP contribution in [-0.4, -0.2) is 43.8 Å². The molecule has 0 heterocycles. The van der Waals surface area contributed by atoms with E-state index in [9.17, 15) is 18.0 Å². The summed E-state index contributed by atoms with van der Waals surface area (Å²) < 4.78 is 29.4. The van der Waals surface area contributed by atoms with E-state index in [1.165, 1.54) is 35.2 Å². The minimum Gasteiger partial charge on any atom is -0.352 e. The number of hydrogen-bond acceptors (Lipinski definition) is 4. The average molecular weight is 736 g/mol. The fourth-order valence-corrected chi connectivity index (χ4v) is 7.00. The van der Waals surface area contributed by atoms with E-state index >= 15 is 0 Å². The highest BCUT2D eigenvalue weighted by Crippen LogP contribution is 2.31. The van der Waals surface area contributed by atoms with Crippen LogP contribution in [0.2, 0.25) is 20.1 Å². The van der Waals surface area contributed by atoms with Gasteiger partial charge in [0.25, 0.3) is 10.0 Å². The Balaban J connectivity index is 1.85. The largest absolute Gasteiger partial charge is 0.352 e. The molecular formula is C35H35Cl4N3O4S. The number of benzene rings is 4. The van der Waals surface area contributed by atoms with E-state index in [1.807, 2.05) is 51.1 Å². The van der Waals surface area contributed by atoms with Gasteiger partial charge in [0.1, 0.15) is 12.6 Å². The van der Waals surface area contributed by atoms with Gasteiger partial charge in [0, 0.05) is 29.1 Å². The molecule has 4 aromatic carbocycles. The second kappa shape index (κ2) is 16.2. The molecule has 0 aromatic heterocycles. The summed E-state index contributed by atoms with van der Waals surface area (Å²) in [6.45, 7) is 4.91. The third-order valence-electron chi connectivity index (χ3n) is 7.71. The summed E-state index contributed by atoms with van der Waals surface area (Å²) in [5.41, 5.74) is 2.33. The van der Waals surface area contributed by atoms with E-state index in [4.69, 9.17) is 46.4 Å². The predicted octanol–water partition coefficient (Wildman–Crippen LogP) is 8.36. The van der Waals surface area contributed by atoms with Crippen molar-refractivity contribution in [2.24, 2.45) is 0 Å². The lowest BCUT2D eigenvalue weighted by atomic mass is 10.0. The van der Waals surface area contributed by atoms with E-state index in [0.29, 0.717) is 22.0 Å². The van der Waals surface area contributed by atoms with Crippen LogP contribution < -0.4 is 9.62 Å². The molecule has 0 fully saturated rings. The van der Waals surface area contributed by atoms with Crippen LogP contribution in [0.1, 0.15) is 37.0 Å². The molecule has 0 aliphatic rings. The molecule has 1 N–H and O–H groups in total. The van der Waals surface area contributed by atoms with E-state index in [1.54, 1.807) is 30.3 Å². The second-order valence-corrected chi connectivity index (χ2v) is 14.7. The number of nitrogens with one attached hydrogen (secondary N) is 1. The molecule has 0 unspecified atom stereocenters. The molecule has 0 aliphatic carbocycles. The van der Waals surface area contributed by atoms with Crippen molar-refractivity contribution in [3.63, 3.8) is 0 Å².